The van der Waals surface area contributed by atoms with Gasteiger partial charge >= 0.3 is 0 Å². The topological polar surface area (TPSA) is 35.8 Å². The van der Waals surface area contributed by atoms with E-state index >= 15 is 0 Å². The smallest absolute Gasteiger partial charge is 0.180 e. The predicted octanol–water partition coefficient (Wildman–Crippen LogP) is 5.30. The quantitative estimate of drug-likeness (QED) is 0.579. The molecule has 0 spiro atoms. The maximum Gasteiger partial charge on any atom is 0.180 e. The van der Waals surface area contributed by atoms with E-state index < -0.39 is 0 Å². The number of fused-ring (bicyclic) bond motifs is 1. The molecule has 23 heavy (non-hydrogen) atoms. The van der Waals surface area contributed by atoms with Crippen LogP contribution in [0.3, 0.4) is 0 Å². The first-order chi connectivity index (χ1) is 11.0. The first kappa shape index (κ1) is 16.4. The number of rotatable bonds is 4. The molecule has 0 unspecified atom stereocenters. The molecule has 2 heterocycles. The van der Waals surface area contributed by atoms with E-state index in [0.717, 1.165) is 15.9 Å². The monoisotopic (exact) mass is 414 g/mol. The Hall–Kier alpha value is -1.43. The minimum absolute atomic E-state index is 0.220. The van der Waals surface area contributed by atoms with Crippen molar-refractivity contribution in [2.24, 2.45) is 0 Å². The summed E-state index contributed by atoms with van der Waals surface area (Å²) in [7, 11) is 1.56. The number of pyridine rings is 1. The molecule has 3 aromatic rings. The molecule has 1 aromatic carbocycles. The van der Waals surface area contributed by atoms with Crippen LogP contribution in [0, 0.1) is 6.92 Å². The molecule has 0 bridgehead atoms. The summed E-state index contributed by atoms with van der Waals surface area (Å²) in [4.78, 5) is 4.50. The minimum Gasteiger partial charge on any atom is -0.495 e. The summed E-state index contributed by atoms with van der Waals surface area (Å²) in [6, 6.07) is 7.21. The Bertz CT molecular complexity index is 880. The van der Waals surface area contributed by atoms with Crippen molar-refractivity contribution in [3.63, 3.8) is 0 Å². The van der Waals surface area contributed by atoms with E-state index in [9.17, 15) is 0 Å². The average Bonchev–Trinajstić information content (AvgIpc) is 2.83. The Morgan fingerprint density at radius 1 is 1.22 bits per heavy atom. The van der Waals surface area contributed by atoms with Crippen molar-refractivity contribution in [1.29, 1.82) is 0 Å². The lowest BCUT2D eigenvalue weighted by molar-refractivity contribution is 0.307. The highest BCUT2D eigenvalue weighted by Crippen LogP contribution is 2.34. The number of imidazole rings is 1. The van der Waals surface area contributed by atoms with Gasteiger partial charge in [0.15, 0.2) is 11.4 Å². The van der Waals surface area contributed by atoms with E-state index in [2.05, 4.69) is 20.9 Å². The van der Waals surface area contributed by atoms with E-state index in [-0.39, 0.29) is 6.61 Å². The van der Waals surface area contributed by atoms with Gasteiger partial charge in [0.05, 0.1) is 17.8 Å². The molecule has 0 N–H and O–H groups in total. The average molecular weight is 416 g/mol. The molecule has 0 aliphatic heterocycles. The number of methoxy groups -OCH3 is 1. The molecule has 0 atom stereocenters. The lowest BCUT2D eigenvalue weighted by atomic mass is 10.2. The van der Waals surface area contributed by atoms with Crippen LogP contribution in [0.1, 0.15) is 11.3 Å². The number of aryl methyl sites for hydroxylation is 1. The van der Waals surface area contributed by atoms with Gasteiger partial charge in [0.25, 0.3) is 0 Å². The largest absolute Gasteiger partial charge is 0.495 e. The lowest BCUT2D eigenvalue weighted by Gasteiger charge is -2.12. The standard InChI is InChI=1S/C16H13BrCl2N2O2/c1-9-15(17)21-7-3-4-13(16(21)20-9)23-8-10-11(18)5-6-12(22-2)14(10)19/h3-7H,8H2,1-2H3. The second-order valence-corrected chi connectivity index (χ2v) is 6.42. The Morgan fingerprint density at radius 3 is 2.74 bits per heavy atom. The molecule has 0 saturated heterocycles. The third-order valence-electron chi connectivity index (χ3n) is 3.46. The maximum absolute atomic E-state index is 6.31. The van der Waals surface area contributed by atoms with Gasteiger partial charge in [0.1, 0.15) is 17.0 Å². The predicted molar refractivity (Wildman–Crippen MR) is 95.0 cm³/mol. The van der Waals surface area contributed by atoms with Crippen molar-refractivity contribution in [2.75, 3.05) is 7.11 Å². The van der Waals surface area contributed by atoms with Crippen LogP contribution in [0.5, 0.6) is 11.5 Å². The van der Waals surface area contributed by atoms with Gasteiger partial charge in [-0.3, -0.25) is 4.40 Å². The molecule has 0 aliphatic carbocycles. The molecule has 0 aliphatic rings. The van der Waals surface area contributed by atoms with E-state index in [1.165, 1.54) is 0 Å². The van der Waals surface area contributed by atoms with Crippen LogP contribution in [-0.2, 0) is 6.61 Å². The van der Waals surface area contributed by atoms with Crippen LogP contribution in [0.25, 0.3) is 5.65 Å². The van der Waals surface area contributed by atoms with Crippen molar-refractivity contribution in [3.8, 4) is 11.5 Å². The summed E-state index contributed by atoms with van der Waals surface area (Å²) in [5.74, 6) is 1.21. The Balaban J connectivity index is 1.94. The number of hydrogen-bond donors (Lipinski definition) is 0. The second kappa shape index (κ2) is 6.59. The Kier molecular flexibility index (Phi) is 4.71. The molecule has 0 saturated carbocycles. The molecule has 3 rings (SSSR count). The van der Waals surface area contributed by atoms with Gasteiger partial charge in [0, 0.05) is 16.8 Å². The van der Waals surface area contributed by atoms with Gasteiger partial charge in [-0.1, -0.05) is 23.2 Å². The third-order valence-corrected chi connectivity index (χ3v) is 5.18. The molecule has 0 radical (unpaired) electrons. The highest BCUT2D eigenvalue weighted by atomic mass is 79.9. The van der Waals surface area contributed by atoms with Gasteiger partial charge in [-0.05, 0) is 47.1 Å². The summed E-state index contributed by atoms with van der Waals surface area (Å²) < 4.78 is 13.9. The normalized spacial score (nSPS) is 11.0. The molecule has 0 amide bonds. The number of ether oxygens (including phenoxy) is 2. The number of halogens is 3. The van der Waals surface area contributed by atoms with Crippen LogP contribution in [0.15, 0.2) is 35.1 Å². The maximum atomic E-state index is 6.31. The zero-order valence-corrected chi connectivity index (χ0v) is 15.5. The van der Waals surface area contributed by atoms with Gasteiger partial charge in [-0.2, -0.15) is 0 Å². The summed E-state index contributed by atoms with van der Waals surface area (Å²) in [6.07, 6.45) is 1.91. The third kappa shape index (κ3) is 3.01. The van der Waals surface area contributed by atoms with Gasteiger partial charge in [0.2, 0.25) is 0 Å². The van der Waals surface area contributed by atoms with Crippen molar-refractivity contribution in [2.45, 2.75) is 13.5 Å². The fourth-order valence-corrected chi connectivity index (χ4v) is 3.19. The molecule has 7 heteroatoms. The van der Waals surface area contributed by atoms with Crippen LogP contribution < -0.4 is 9.47 Å². The van der Waals surface area contributed by atoms with E-state index in [0.29, 0.717) is 27.1 Å². The Morgan fingerprint density at radius 2 is 2.00 bits per heavy atom. The number of benzene rings is 1. The zero-order valence-electron chi connectivity index (χ0n) is 12.4. The van der Waals surface area contributed by atoms with Crippen molar-refractivity contribution < 1.29 is 9.47 Å². The lowest BCUT2D eigenvalue weighted by Crippen LogP contribution is -2.00. The van der Waals surface area contributed by atoms with Gasteiger partial charge in [-0.15, -0.1) is 0 Å². The molecule has 0 fully saturated rings. The molecule has 2 aromatic heterocycles. The van der Waals surface area contributed by atoms with E-state index in [1.807, 2.05) is 29.7 Å². The SMILES string of the molecule is COc1ccc(Cl)c(COc2cccn3c(Br)c(C)nc23)c1Cl. The van der Waals surface area contributed by atoms with Crippen LogP contribution in [0.4, 0.5) is 0 Å². The Labute approximate surface area is 152 Å². The van der Waals surface area contributed by atoms with E-state index in [1.54, 1.807) is 19.2 Å². The van der Waals surface area contributed by atoms with E-state index in [4.69, 9.17) is 32.7 Å². The number of nitrogens with zero attached hydrogens (tertiary/aromatic N) is 2. The summed E-state index contributed by atoms with van der Waals surface area (Å²) >= 11 is 16.0. The number of aromatic nitrogens is 2. The van der Waals surface area contributed by atoms with Gasteiger partial charge < -0.3 is 9.47 Å². The first-order valence-corrected chi connectivity index (χ1v) is 8.34. The van der Waals surface area contributed by atoms with Gasteiger partial charge in [-0.25, -0.2) is 4.98 Å². The molecular weight excluding hydrogens is 403 g/mol. The van der Waals surface area contributed by atoms with Crippen molar-refractivity contribution in [3.05, 3.63) is 56.4 Å². The highest BCUT2D eigenvalue weighted by molar-refractivity contribution is 9.10. The fraction of sp³-hybridized carbons (Fsp3) is 0.188. The zero-order chi connectivity index (χ0) is 16.6. The van der Waals surface area contributed by atoms with Crippen LogP contribution in [-0.4, -0.2) is 16.5 Å². The molecular formula is C16H13BrCl2N2O2. The van der Waals surface area contributed by atoms with Crippen LogP contribution >= 0.6 is 39.1 Å². The molecule has 120 valence electrons. The summed E-state index contributed by atoms with van der Waals surface area (Å²) in [6.45, 7) is 2.15. The minimum atomic E-state index is 0.220. The van der Waals surface area contributed by atoms with Crippen LogP contribution in [0.2, 0.25) is 10.0 Å². The highest BCUT2D eigenvalue weighted by Gasteiger charge is 2.14. The first-order valence-electron chi connectivity index (χ1n) is 6.79. The fourth-order valence-electron chi connectivity index (χ4n) is 2.26. The second-order valence-electron chi connectivity index (χ2n) is 4.88. The van der Waals surface area contributed by atoms with Crippen molar-refractivity contribution >= 4 is 44.8 Å². The number of hydrogen-bond acceptors (Lipinski definition) is 3. The molecule has 4 nitrogen and oxygen atoms in total. The van der Waals surface area contributed by atoms with Crippen molar-refractivity contribution in [1.82, 2.24) is 9.38 Å². The summed E-state index contributed by atoms with van der Waals surface area (Å²) in [5.41, 5.74) is 2.29. The summed E-state index contributed by atoms with van der Waals surface area (Å²) in [5, 5.41) is 0.983.